The van der Waals surface area contributed by atoms with Crippen LogP contribution in [0.25, 0.3) is 10.8 Å². The summed E-state index contributed by atoms with van der Waals surface area (Å²) in [4.78, 5) is 4.67. The molecule has 0 spiro atoms. The summed E-state index contributed by atoms with van der Waals surface area (Å²) in [5.41, 5.74) is 2.63. The zero-order valence-electron chi connectivity index (χ0n) is 9.32. The Morgan fingerprint density at radius 2 is 1.75 bits per heavy atom. The first-order chi connectivity index (χ1) is 7.95. The highest BCUT2D eigenvalue weighted by atomic mass is 14.7. The molecular weight excluding hydrogens is 194 g/mol. The molecule has 2 aromatic carbocycles. The lowest BCUT2D eigenvalue weighted by Gasteiger charge is -2.13. The fourth-order valence-corrected chi connectivity index (χ4v) is 2.39. The van der Waals surface area contributed by atoms with Crippen LogP contribution in [0.2, 0.25) is 0 Å². The van der Waals surface area contributed by atoms with Gasteiger partial charge in [0.25, 0.3) is 0 Å². The fourth-order valence-electron chi connectivity index (χ4n) is 2.39. The highest BCUT2D eigenvalue weighted by molar-refractivity contribution is 6.11. The van der Waals surface area contributed by atoms with Crippen LogP contribution >= 0.6 is 0 Å². The first-order valence-corrected chi connectivity index (χ1v) is 5.96. The molecule has 3 rings (SSSR count). The van der Waals surface area contributed by atoms with Crippen molar-refractivity contribution in [2.24, 2.45) is 4.99 Å². The standard InChI is InChI=1S/C15H15N/c1-2-8-13-12(6-1)7-5-9-14(13)15-10-3-4-11-16-15/h1-2,5-9H,3-4,10-11H2. The molecule has 0 fully saturated rings. The molecule has 0 N–H and O–H groups in total. The number of hydrogen-bond donors (Lipinski definition) is 0. The third-order valence-corrected chi connectivity index (χ3v) is 3.22. The van der Waals surface area contributed by atoms with Crippen LogP contribution in [0.3, 0.4) is 0 Å². The zero-order chi connectivity index (χ0) is 10.8. The largest absolute Gasteiger partial charge is 0.289 e. The third kappa shape index (κ3) is 1.63. The minimum Gasteiger partial charge on any atom is -0.289 e. The van der Waals surface area contributed by atoms with Gasteiger partial charge in [0.05, 0.1) is 0 Å². The minimum atomic E-state index is 0.999. The second-order valence-corrected chi connectivity index (χ2v) is 4.31. The van der Waals surface area contributed by atoms with Gasteiger partial charge in [-0.15, -0.1) is 0 Å². The van der Waals surface area contributed by atoms with Crippen molar-refractivity contribution >= 4 is 16.5 Å². The second-order valence-electron chi connectivity index (χ2n) is 4.31. The predicted octanol–water partition coefficient (Wildman–Crippen LogP) is 3.81. The summed E-state index contributed by atoms with van der Waals surface area (Å²) in [7, 11) is 0. The number of aliphatic imine (C=N–C) groups is 1. The minimum absolute atomic E-state index is 0.999. The predicted molar refractivity (Wildman–Crippen MR) is 69.2 cm³/mol. The molecule has 0 bridgehead atoms. The number of fused-ring (bicyclic) bond motifs is 1. The van der Waals surface area contributed by atoms with Gasteiger partial charge in [-0.1, -0.05) is 42.5 Å². The lowest BCUT2D eigenvalue weighted by molar-refractivity contribution is 0.739. The maximum absolute atomic E-state index is 4.67. The van der Waals surface area contributed by atoms with E-state index in [-0.39, 0.29) is 0 Å². The molecule has 16 heavy (non-hydrogen) atoms. The Kier molecular flexibility index (Phi) is 2.45. The van der Waals surface area contributed by atoms with E-state index in [0.29, 0.717) is 0 Å². The van der Waals surface area contributed by atoms with Crippen LogP contribution in [-0.4, -0.2) is 12.3 Å². The normalized spacial score (nSPS) is 16.1. The van der Waals surface area contributed by atoms with Gasteiger partial charge in [0.1, 0.15) is 0 Å². The summed E-state index contributed by atoms with van der Waals surface area (Å²) in [6.45, 7) is 0.999. The molecule has 1 aliphatic rings. The number of nitrogens with zero attached hydrogens (tertiary/aromatic N) is 1. The quantitative estimate of drug-likeness (QED) is 0.677. The summed E-state index contributed by atoms with van der Waals surface area (Å²) in [5, 5.41) is 2.65. The molecule has 0 amide bonds. The fraction of sp³-hybridized carbons (Fsp3) is 0.267. The van der Waals surface area contributed by atoms with E-state index in [1.165, 1.54) is 34.9 Å². The van der Waals surface area contributed by atoms with Crippen LogP contribution in [0, 0.1) is 0 Å². The molecule has 0 saturated carbocycles. The van der Waals surface area contributed by atoms with E-state index in [2.05, 4.69) is 47.5 Å². The SMILES string of the molecule is c1ccc2c(C3=NCCCC3)cccc2c1. The Morgan fingerprint density at radius 1 is 0.875 bits per heavy atom. The molecule has 0 radical (unpaired) electrons. The van der Waals surface area contributed by atoms with Crippen molar-refractivity contribution in [3.63, 3.8) is 0 Å². The molecule has 2 aromatic rings. The zero-order valence-corrected chi connectivity index (χ0v) is 9.32. The molecule has 1 heteroatoms. The maximum atomic E-state index is 4.67. The van der Waals surface area contributed by atoms with Crippen LogP contribution in [-0.2, 0) is 0 Å². The van der Waals surface area contributed by atoms with Crippen LogP contribution < -0.4 is 0 Å². The Morgan fingerprint density at radius 3 is 2.62 bits per heavy atom. The maximum Gasteiger partial charge on any atom is 0.0426 e. The average molecular weight is 209 g/mol. The average Bonchev–Trinajstić information content (AvgIpc) is 2.39. The van der Waals surface area contributed by atoms with Crippen molar-refractivity contribution < 1.29 is 0 Å². The third-order valence-electron chi connectivity index (χ3n) is 3.22. The molecule has 0 saturated heterocycles. The number of rotatable bonds is 1. The van der Waals surface area contributed by atoms with Crippen molar-refractivity contribution in [2.45, 2.75) is 19.3 Å². The van der Waals surface area contributed by atoms with Crippen LogP contribution in [0.5, 0.6) is 0 Å². The van der Waals surface area contributed by atoms with Gasteiger partial charge in [-0.05, 0) is 30.0 Å². The van der Waals surface area contributed by atoms with Gasteiger partial charge in [0, 0.05) is 17.8 Å². The molecule has 0 atom stereocenters. The van der Waals surface area contributed by atoms with Crippen LogP contribution in [0.1, 0.15) is 24.8 Å². The van der Waals surface area contributed by atoms with Gasteiger partial charge in [-0.3, -0.25) is 4.99 Å². The van der Waals surface area contributed by atoms with Crippen molar-refractivity contribution in [3.05, 3.63) is 48.0 Å². The molecule has 1 heterocycles. The first kappa shape index (κ1) is 9.59. The van der Waals surface area contributed by atoms with Crippen LogP contribution in [0.15, 0.2) is 47.5 Å². The monoisotopic (exact) mass is 209 g/mol. The lowest BCUT2D eigenvalue weighted by atomic mass is 9.96. The van der Waals surface area contributed by atoms with E-state index in [1.54, 1.807) is 0 Å². The highest BCUT2D eigenvalue weighted by Crippen LogP contribution is 2.22. The van der Waals surface area contributed by atoms with Gasteiger partial charge in [0.2, 0.25) is 0 Å². The first-order valence-electron chi connectivity index (χ1n) is 5.96. The van der Waals surface area contributed by atoms with E-state index >= 15 is 0 Å². The highest BCUT2D eigenvalue weighted by Gasteiger charge is 2.10. The Labute approximate surface area is 95.8 Å². The Hall–Kier alpha value is -1.63. The smallest absolute Gasteiger partial charge is 0.0426 e. The molecule has 0 unspecified atom stereocenters. The van der Waals surface area contributed by atoms with Gasteiger partial charge in [0.15, 0.2) is 0 Å². The Bertz CT molecular complexity index is 535. The molecule has 0 aliphatic carbocycles. The van der Waals surface area contributed by atoms with Crippen LogP contribution in [0.4, 0.5) is 0 Å². The van der Waals surface area contributed by atoms with Gasteiger partial charge in [-0.2, -0.15) is 0 Å². The summed E-state index contributed by atoms with van der Waals surface area (Å²) in [6.07, 6.45) is 3.66. The van der Waals surface area contributed by atoms with E-state index < -0.39 is 0 Å². The second kappa shape index (κ2) is 4.09. The summed E-state index contributed by atoms with van der Waals surface area (Å²) >= 11 is 0. The van der Waals surface area contributed by atoms with E-state index in [1.807, 2.05) is 0 Å². The molecule has 0 aromatic heterocycles. The summed E-state index contributed by atoms with van der Waals surface area (Å²) in [6, 6.07) is 15.1. The van der Waals surface area contributed by atoms with Crippen molar-refractivity contribution in [1.82, 2.24) is 0 Å². The van der Waals surface area contributed by atoms with Gasteiger partial charge >= 0.3 is 0 Å². The van der Waals surface area contributed by atoms with Crippen molar-refractivity contribution in [3.8, 4) is 0 Å². The molecular formula is C15H15N. The number of hydrogen-bond acceptors (Lipinski definition) is 1. The molecule has 1 nitrogen and oxygen atoms in total. The van der Waals surface area contributed by atoms with Crippen molar-refractivity contribution in [1.29, 1.82) is 0 Å². The molecule has 1 aliphatic heterocycles. The van der Waals surface area contributed by atoms with Gasteiger partial charge in [-0.25, -0.2) is 0 Å². The van der Waals surface area contributed by atoms with E-state index in [0.717, 1.165) is 13.0 Å². The summed E-state index contributed by atoms with van der Waals surface area (Å²) in [5.74, 6) is 0. The molecule has 80 valence electrons. The lowest BCUT2D eigenvalue weighted by Crippen LogP contribution is -2.07. The number of benzene rings is 2. The van der Waals surface area contributed by atoms with Gasteiger partial charge < -0.3 is 0 Å². The summed E-state index contributed by atoms with van der Waals surface area (Å²) < 4.78 is 0. The topological polar surface area (TPSA) is 12.4 Å². The Balaban J connectivity index is 2.19. The van der Waals surface area contributed by atoms with E-state index in [9.17, 15) is 0 Å². The van der Waals surface area contributed by atoms with E-state index in [4.69, 9.17) is 0 Å². The van der Waals surface area contributed by atoms with Crippen molar-refractivity contribution in [2.75, 3.05) is 6.54 Å².